The van der Waals surface area contributed by atoms with Crippen molar-refractivity contribution in [3.05, 3.63) is 0 Å². The molecule has 0 aromatic carbocycles. The molecule has 1 fully saturated rings. The summed E-state index contributed by atoms with van der Waals surface area (Å²) in [7, 11) is 0. The molecule has 1 amide bonds. The Labute approximate surface area is 61.8 Å². The Hall–Kier alpha value is -0.530. The molecule has 0 aromatic heterocycles. The number of hydrogen-bond acceptors (Lipinski definition) is 1. The third-order valence-electron chi connectivity index (χ3n) is 2.22. The molecule has 2 nitrogen and oxygen atoms in total. The van der Waals surface area contributed by atoms with Gasteiger partial charge in [-0.05, 0) is 18.8 Å². The minimum Gasteiger partial charge on any atom is -0.369 e. The van der Waals surface area contributed by atoms with Crippen LogP contribution in [0.5, 0.6) is 0 Å². The van der Waals surface area contributed by atoms with E-state index in [1.807, 2.05) is 0 Å². The number of amides is 1. The SMILES string of the molecule is CCCCC1CC1C(N)=O. The van der Waals surface area contributed by atoms with Crippen molar-refractivity contribution in [3.63, 3.8) is 0 Å². The Morgan fingerprint density at radius 2 is 2.40 bits per heavy atom. The first kappa shape index (κ1) is 7.58. The molecule has 1 saturated carbocycles. The summed E-state index contributed by atoms with van der Waals surface area (Å²) in [6.07, 6.45) is 4.72. The second-order valence-corrected chi connectivity index (χ2v) is 3.15. The van der Waals surface area contributed by atoms with Crippen molar-refractivity contribution >= 4 is 5.91 Å². The highest BCUT2D eigenvalue weighted by Crippen LogP contribution is 2.41. The molecule has 0 spiro atoms. The van der Waals surface area contributed by atoms with Crippen LogP contribution in [0.2, 0.25) is 0 Å². The fourth-order valence-electron chi connectivity index (χ4n) is 1.38. The molecule has 10 heavy (non-hydrogen) atoms. The maximum atomic E-state index is 10.6. The van der Waals surface area contributed by atoms with Gasteiger partial charge >= 0.3 is 0 Å². The summed E-state index contributed by atoms with van der Waals surface area (Å²) in [6.45, 7) is 2.17. The van der Waals surface area contributed by atoms with Crippen LogP contribution < -0.4 is 5.73 Å². The van der Waals surface area contributed by atoms with Crippen molar-refractivity contribution in [2.45, 2.75) is 32.6 Å². The van der Waals surface area contributed by atoms with Crippen LogP contribution in [0.3, 0.4) is 0 Å². The normalized spacial score (nSPS) is 30.1. The zero-order valence-corrected chi connectivity index (χ0v) is 6.47. The number of primary amides is 1. The Morgan fingerprint density at radius 3 is 2.80 bits per heavy atom. The number of unbranched alkanes of at least 4 members (excludes halogenated alkanes) is 1. The number of hydrogen-bond donors (Lipinski definition) is 1. The molecule has 1 aliphatic rings. The average Bonchev–Trinajstić information content (AvgIpc) is 2.62. The van der Waals surface area contributed by atoms with Crippen molar-refractivity contribution in [1.29, 1.82) is 0 Å². The molecular weight excluding hydrogens is 126 g/mol. The topological polar surface area (TPSA) is 43.1 Å². The number of rotatable bonds is 4. The number of carbonyl (C=O) groups excluding carboxylic acids is 1. The van der Waals surface area contributed by atoms with E-state index in [9.17, 15) is 4.79 Å². The predicted octanol–water partition coefficient (Wildman–Crippen LogP) is 1.30. The van der Waals surface area contributed by atoms with Crippen LogP contribution in [0.1, 0.15) is 32.6 Å². The predicted molar refractivity (Wildman–Crippen MR) is 40.3 cm³/mol. The summed E-state index contributed by atoms with van der Waals surface area (Å²) in [5.41, 5.74) is 5.12. The summed E-state index contributed by atoms with van der Waals surface area (Å²) < 4.78 is 0. The molecule has 2 atom stereocenters. The first-order valence-corrected chi connectivity index (χ1v) is 4.05. The number of nitrogens with two attached hydrogens (primary N) is 1. The average molecular weight is 141 g/mol. The quantitative estimate of drug-likeness (QED) is 0.630. The van der Waals surface area contributed by atoms with Gasteiger partial charge in [-0.1, -0.05) is 19.8 Å². The fraction of sp³-hybridized carbons (Fsp3) is 0.875. The van der Waals surface area contributed by atoms with Crippen molar-refractivity contribution in [3.8, 4) is 0 Å². The van der Waals surface area contributed by atoms with E-state index in [-0.39, 0.29) is 11.8 Å². The van der Waals surface area contributed by atoms with Crippen LogP contribution in [0.25, 0.3) is 0 Å². The minimum atomic E-state index is -0.0962. The Kier molecular flexibility index (Phi) is 2.30. The highest BCUT2D eigenvalue weighted by atomic mass is 16.1. The van der Waals surface area contributed by atoms with Crippen molar-refractivity contribution in [1.82, 2.24) is 0 Å². The molecule has 2 N–H and O–H groups in total. The molecule has 0 aliphatic heterocycles. The van der Waals surface area contributed by atoms with Crippen molar-refractivity contribution in [2.75, 3.05) is 0 Å². The monoisotopic (exact) mass is 141 g/mol. The zero-order chi connectivity index (χ0) is 7.56. The van der Waals surface area contributed by atoms with Crippen LogP contribution in [-0.4, -0.2) is 5.91 Å². The van der Waals surface area contributed by atoms with E-state index < -0.39 is 0 Å². The summed E-state index contributed by atoms with van der Waals surface area (Å²) >= 11 is 0. The van der Waals surface area contributed by atoms with Gasteiger partial charge in [-0.25, -0.2) is 0 Å². The van der Waals surface area contributed by atoms with Gasteiger partial charge in [-0.3, -0.25) is 4.79 Å². The molecule has 0 radical (unpaired) electrons. The van der Waals surface area contributed by atoms with Gasteiger partial charge < -0.3 is 5.73 Å². The lowest BCUT2D eigenvalue weighted by atomic mass is 10.1. The largest absolute Gasteiger partial charge is 0.369 e. The standard InChI is InChI=1S/C8H15NO/c1-2-3-4-6-5-7(6)8(9)10/h6-7H,2-5H2,1H3,(H2,9,10). The van der Waals surface area contributed by atoms with Gasteiger partial charge in [0.2, 0.25) is 5.91 Å². The second kappa shape index (κ2) is 3.04. The molecule has 2 heteroatoms. The van der Waals surface area contributed by atoms with Gasteiger partial charge in [0.15, 0.2) is 0 Å². The highest BCUT2D eigenvalue weighted by Gasteiger charge is 2.40. The lowest BCUT2D eigenvalue weighted by Gasteiger charge is -1.93. The van der Waals surface area contributed by atoms with E-state index in [1.54, 1.807) is 0 Å². The molecule has 1 aliphatic carbocycles. The smallest absolute Gasteiger partial charge is 0.220 e. The molecule has 0 bridgehead atoms. The first-order chi connectivity index (χ1) is 4.75. The highest BCUT2D eigenvalue weighted by molar-refractivity contribution is 5.79. The minimum absolute atomic E-state index is 0.0962. The van der Waals surface area contributed by atoms with Crippen molar-refractivity contribution < 1.29 is 4.79 Å². The van der Waals surface area contributed by atoms with E-state index in [0.29, 0.717) is 5.92 Å². The maximum absolute atomic E-state index is 10.6. The molecule has 2 unspecified atom stereocenters. The second-order valence-electron chi connectivity index (χ2n) is 3.15. The summed E-state index contributed by atoms with van der Waals surface area (Å²) in [5, 5.41) is 0. The Morgan fingerprint density at radius 1 is 1.70 bits per heavy atom. The van der Waals surface area contributed by atoms with Gasteiger partial charge in [-0.2, -0.15) is 0 Å². The van der Waals surface area contributed by atoms with Crippen LogP contribution in [0.15, 0.2) is 0 Å². The Bertz CT molecular complexity index is 133. The van der Waals surface area contributed by atoms with Gasteiger partial charge in [0.1, 0.15) is 0 Å². The van der Waals surface area contributed by atoms with Crippen LogP contribution in [-0.2, 0) is 4.79 Å². The van der Waals surface area contributed by atoms with Crippen LogP contribution in [0, 0.1) is 11.8 Å². The van der Waals surface area contributed by atoms with Gasteiger partial charge in [0.25, 0.3) is 0 Å². The lowest BCUT2D eigenvalue weighted by molar-refractivity contribution is -0.119. The van der Waals surface area contributed by atoms with E-state index >= 15 is 0 Å². The van der Waals surface area contributed by atoms with Gasteiger partial charge in [0.05, 0.1) is 0 Å². The molecule has 0 saturated heterocycles. The fourth-order valence-corrected chi connectivity index (χ4v) is 1.38. The molecule has 0 aromatic rings. The third kappa shape index (κ3) is 1.72. The molecule has 0 heterocycles. The van der Waals surface area contributed by atoms with E-state index in [4.69, 9.17) is 5.73 Å². The van der Waals surface area contributed by atoms with Gasteiger partial charge in [0, 0.05) is 5.92 Å². The maximum Gasteiger partial charge on any atom is 0.220 e. The van der Waals surface area contributed by atoms with Gasteiger partial charge in [-0.15, -0.1) is 0 Å². The zero-order valence-electron chi connectivity index (χ0n) is 6.47. The molecular formula is C8H15NO. The molecule has 1 rings (SSSR count). The summed E-state index contributed by atoms with van der Waals surface area (Å²) in [6, 6.07) is 0. The summed E-state index contributed by atoms with van der Waals surface area (Å²) in [5.74, 6) is 0.769. The Balaban J connectivity index is 2.08. The number of carbonyl (C=O) groups is 1. The van der Waals surface area contributed by atoms with E-state index in [1.165, 1.54) is 19.3 Å². The van der Waals surface area contributed by atoms with Crippen LogP contribution in [0.4, 0.5) is 0 Å². The van der Waals surface area contributed by atoms with E-state index in [0.717, 1.165) is 6.42 Å². The van der Waals surface area contributed by atoms with E-state index in [2.05, 4.69) is 6.92 Å². The van der Waals surface area contributed by atoms with Crippen molar-refractivity contribution in [2.24, 2.45) is 17.6 Å². The lowest BCUT2D eigenvalue weighted by Crippen LogP contribution is -2.13. The third-order valence-corrected chi connectivity index (χ3v) is 2.22. The van der Waals surface area contributed by atoms with Crippen LogP contribution >= 0.6 is 0 Å². The molecule has 58 valence electrons. The first-order valence-electron chi connectivity index (χ1n) is 4.05. The summed E-state index contributed by atoms with van der Waals surface area (Å²) in [4.78, 5) is 10.6.